The molecule has 0 N–H and O–H groups in total. The number of aryl methyl sites for hydroxylation is 2. The first kappa shape index (κ1) is 71.2. The van der Waals surface area contributed by atoms with Gasteiger partial charge in [0.15, 0.2) is 17.3 Å². The molecule has 0 aliphatic rings. The van der Waals surface area contributed by atoms with Crippen molar-refractivity contribution in [3.05, 3.63) is 371 Å². The first-order valence-electron chi connectivity index (χ1n) is 35.0. The summed E-state index contributed by atoms with van der Waals surface area (Å²) < 4.78 is 15.0. The fraction of sp³-hybridized carbons (Fsp3) is 0.112. The zero-order valence-electron chi connectivity index (χ0n) is 60.9. The molecule has 0 atom stereocenters. The van der Waals surface area contributed by atoms with Crippen LogP contribution in [-0.4, -0.2) is 45.2 Å². The molecule has 0 aliphatic carbocycles. The second-order valence-electron chi connectivity index (χ2n) is 28.2. The Morgan fingerprint density at radius 3 is 0.918 bits per heavy atom. The number of ether oxygens (including phenoxy) is 2. The molecule has 5 aromatic heterocycles. The lowest BCUT2D eigenvalue weighted by molar-refractivity contribution is -0.130. The van der Waals surface area contributed by atoms with Crippen LogP contribution in [-0.2, 0) is 20.4 Å². The molecule has 540 valence electrons. The van der Waals surface area contributed by atoms with Crippen LogP contribution in [0.25, 0.3) is 72.4 Å². The van der Waals surface area contributed by atoms with Crippen molar-refractivity contribution in [2.24, 2.45) is 0 Å². The van der Waals surface area contributed by atoms with E-state index in [-0.39, 0.29) is 94.3 Å². The molecule has 21 heteroatoms. The van der Waals surface area contributed by atoms with Gasteiger partial charge in [-0.2, -0.15) is 15.0 Å². The fourth-order valence-corrected chi connectivity index (χ4v) is 14.0. The highest BCUT2D eigenvalue weighted by Crippen LogP contribution is 2.47. The van der Waals surface area contributed by atoms with Crippen LogP contribution in [0.2, 0.25) is 0 Å². The van der Waals surface area contributed by atoms with Gasteiger partial charge in [-0.25, -0.2) is 27.9 Å². The van der Waals surface area contributed by atoms with Crippen LogP contribution in [0.15, 0.2) is 288 Å². The van der Waals surface area contributed by atoms with Crippen LogP contribution >= 0.6 is 0 Å². The third kappa shape index (κ3) is 11.9. The van der Waals surface area contributed by atoms with E-state index >= 15 is 9.59 Å². The average molecular weight is 1450 g/mol. The lowest BCUT2D eigenvalue weighted by Gasteiger charge is -2.31. The van der Waals surface area contributed by atoms with Crippen molar-refractivity contribution in [3.63, 3.8) is 0 Å². The Morgan fingerprint density at radius 1 is 0.364 bits per heavy atom. The normalized spacial score (nSPS) is 11.7. The lowest BCUT2D eigenvalue weighted by atomic mass is 9.78. The molecule has 21 nitrogen and oxygen atoms in total. The molecule has 0 unspecified atom stereocenters. The third-order valence-corrected chi connectivity index (χ3v) is 20.3. The summed E-state index contributed by atoms with van der Waals surface area (Å²) in [7, 11) is 0. The number of rotatable bonds is 19. The minimum Gasteiger partial charge on any atom is -0.419 e. The van der Waals surface area contributed by atoms with Crippen molar-refractivity contribution in [2.45, 2.75) is 66.2 Å². The van der Waals surface area contributed by atoms with E-state index in [1.165, 1.54) is 26.0 Å². The molecule has 0 spiro atoms. The Balaban J connectivity index is 0.827. The van der Waals surface area contributed by atoms with E-state index in [0.29, 0.717) is 31.9 Å². The van der Waals surface area contributed by atoms with Crippen molar-refractivity contribution in [1.82, 2.24) is 33.2 Å². The first-order chi connectivity index (χ1) is 52.7. The van der Waals surface area contributed by atoms with Gasteiger partial charge < -0.3 is 19.3 Å². The number of hydrogen-bond acceptors (Lipinski definition) is 17. The van der Waals surface area contributed by atoms with E-state index < -0.39 is 79.1 Å². The molecule has 110 heavy (non-hydrogen) atoms. The quantitative estimate of drug-likeness (QED) is 0.0414. The summed E-state index contributed by atoms with van der Waals surface area (Å²) in [5.74, 6) is -3.85. The number of fused-ring (bicyclic) bond motifs is 4. The van der Waals surface area contributed by atoms with E-state index in [9.17, 15) is 38.4 Å². The Morgan fingerprint density at radius 2 is 0.636 bits per heavy atom. The van der Waals surface area contributed by atoms with Crippen molar-refractivity contribution < 1.29 is 19.1 Å². The van der Waals surface area contributed by atoms with E-state index in [0.717, 1.165) is 72.9 Å². The number of carbonyl (C=O) groups is 2. The topological polar surface area (TPSA) is 254 Å². The third-order valence-electron chi connectivity index (χ3n) is 20.3. The zero-order chi connectivity index (χ0) is 77.7. The highest BCUT2D eigenvalue weighted by Gasteiger charge is 2.33. The van der Waals surface area contributed by atoms with E-state index in [1.807, 2.05) is 152 Å². The Labute approximate surface area is 626 Å². The lowest BCUT2D eigenvalue weighted by Crippen LogP contribution is -2.30. The molecule has 0 saturated carbocycles. The smallest absolute Gasteiger partial charge is 0.338 e. The second kappa shape index (κ2) is 27.1. The Bertz CT molecular complexity index is 6560. The Kier molecular flexibility index (Phi) is 17.6. The molecule has 0 amide bonds. The number of nitrogens with zero attached hydrogens (tertiary/aromatic N) is 9. The monoisotopic (exact) mass is 1450 g/mol. The summed E-state index contributed by atoms with van der Waals surface area (Å²) in [6.07, 6.45) is 1.10. The summed E-state index contributed by atoms with van der Waals surface area (Å²) >= 11 is 0. The highest BCUT2D eigenvalue weighted by molar-refractivity contribution is 6.01. The minimum absolute atomic E-state index is 0.000724. The zero-order valence-corrected chi connectivity index (χ0v) is 60.9. The maximum absolute atomic E-state index is 15.2. The van der Waals surface area contributed by atoms with Crippen LogP contribution in [0.1, 0.15) is 80.7 Å². The molecular formula is C89H67N9O12. The molecule has 0 aliphatic heterocycles. The van der Waals surface area contributed by atoms with Crippen molar-refractivity contribution in [1.29, 1.82) is 0 Å². The van der Waals surface area contributed by atoms with Gasteiger partial charge in [-0.15, -0.1) is 0 Å². The highest BCUT2D eigenvalue weighted by atomic mass is 16.5. The van der Waals surface area contributed by atoms with Crippen LogP contribution in [0.4, 0.5) is 34.1 Å². The summed E-state index contributed by atoms with van der Waals surface area (Å²) in [6.45, 7) is 26.6. The standard InChI is InChI=1S/C89H67N9O12/c1-12-73-90-86(97-80(103)65-45-61-62(46-66(65)81(97)104)77(100)95(76(61)99)71-27-19-25-69(74(71)109-84(107)49(2)3)93(57-37-29-51(6)30-38-57)58-39-31-52(7)32-40-58)92-87(91-73)98-82(105)67-47-63-64(48-68(67)83(98)106)79(102)96(78(63)101)72-28-20-26-70(75(72)110-85(108)50(4)5)94(59-41-33-55(34-42-59)88(8,9)53-21-15-13-16-22-53)60-43-35-56(36-44-60)89(10,11)54-23-17-14-18-24-54/h12-48H,1-2,4H2,3,5-11H3. The van der Waals surface area contributed by atoms with Gasteiger partial charge in [0, 0.05) is 44.7 Å². The van der Waals surface area contributed by atoms with E-state index in [1.54, 1.807) is 29.2 Å². The SMILES string of the molecule is C=Cc1nc(-n2c(=O)c3cc4c(=O)n(-c5cccc(N(c6ccc(C)cc6)c6ccc(C)cc6)c5OC(=O)C(=C)C)c(=O)c4cc3c2=O)nc(-n2c(=O)c3cc4c(=O)n(-c5cccc(N(c6ccc(C(C)(C)c7ccccc7)cc6)c6ccc(C(C)(C)c7ccccc7)cc6)c5OC(=O)C(=C)C)c(=O)c4cc3c2=O)n1. The van der Waals surface area contributed by atoms with Gasteiger partial charge in [-0.3, -0.25) is 38.4 Å². The van der Waals surface area contributed by atoms with Crippen LogP contribution < -0.4 is 63.7 Å². The second-order valence-corrected chi connectivity index (χ2v) is 28.2. The van der Waals surface area contributed by atoms with Gasteiger partial charge in [0.25, 0.3) is 44.5 Å². The predicted octanol–water partition coefficient (Wildman–Crippen LogP) is 14.1. The van der Waals surface area contributed by atoms with Gasteiger partial charge >= 0.3 is 11.9 Å². The minimum atomic E-state index is -1.08. The number of hydrogen-bond donors (Lipinski definition) is 0. The van der Waals surface area contributed by atoms with Gasteiger partial charge in [-0.1, -0.05) is 180 Å². The van der Waals surface area contributed by atoms with Crippen molar-refractivity contribution >= 4 is 95.2 Å². The Hall–Kier alpha value is -14.5. The van der Waals surface area contributed by atoms with Gasteiger partial charge in [0.05, 0.1) is 65.8 Å². The molecular weight excluding hydrogens is 1390 g/mol. The molecule has 0 bridgehead atoms. The summed E-state index contributed by atoms with van der Waals surface area (Å²) in [5.41, 5.74) is -0.151. The number of esters is 2. The van der Waals surface area contributed by atoms with E-state index in [4.69, 9.17) is 9.47 Å². The molecule has 10 aromatic carbocycles. The summed E-state index contributed by atoms with van der Waals surface area (Å²) in [5, 5.41) is -2.58. The molecule has 5 heterocycles. The predicted molar refractivity (Wildman–Crippen MR) is 429 cm³/mol. The maximum Gasteiger partial charge on any atom is 0.338 e. The molecule has 0 radical (unpaired) electrons. The van der Waals surface area contributed by atoms with Crippen molar-refractivity contribution in [2.75, 3.05) is 9.80 Å². The van der Waals surface area contributed by atoms with Crippen LogP contribution in [0, 0.1) is 13.8 Å². The van der Waals surface area contributed by atoms with Crippen LogP contribution in [0.5, 0.6) is 11.5 Å². The molecule has 15 aromatic rings. The fourth-order valence-electron chi connectivity index (χ4n) is 14.0. The number of benzene rings is 10. The molecule has 0 saturated heterocycles. The van der Waals surface area contributed by atoms with Crippen molar-refractivity contribution in [3.8, 4) is 34.8 Å². The van der Waals surface area contributed by atoms with Crippen LogP contribution in [0.3, 0.4) is 0 Å². The van der Waals surface area contributed by atoms with E-state index in [2.05, 4.69) is 86.6 Å². The molecule has 15 rings (SSSR count). The van der Waals surface area contributed by atoms with Gasteiger partial charge in [0.1, 0.15) is 0 Å². The number of aromatic nitrogens is 7. The first-order valence-corrected chi connectivity index (χ1v) is 35.0. The number of carbonyl (C=O) groups excluding carboxylic acids is 2. The largest absolute Gasteiger partial charge is 0.419 e. The van der Waals surface area contributed by atoms with Gasteiger partial charge in [-0.05, 0) is 153 Å². The average Bonchev–Trinajstić information content (AvgIpc) is 1.56. The van der Waals surface area contributed by atoms with Gasteiger partial charge in [0.2, 0.25) is 11.9 Å². The number of para-hydroxylation sites is 2. The molecule has 0 fully saturated rings. The maximum atomic E-state index is 15.2. The summed E-state index contributed by atoms with van der Waals surface area (Å²) in [6, 6.07) is 64.8. The summed E-state index contributed by atoms with van der Waals surface area (Å²) in [4.78, 5) is 164. The number of anilines is 6.